The molecule has 2 rings (SSSR count). The van der Waals surface area contributed by atoms with Crippen molar-refractivity contribution in [2.45, 2.75) is 13.8 Å². The molecule has 1 heterocycles. The number of benzene rings is 1. The Balaban J connectivity index is 2.43. The zero-order valence-electron chi connectivity index (χ0n) is 10.0. The van der Waals surface area contributed by atoms with Gasteiger partial charge in [-0.3, -0.25) is 0 Å². The van der Waals surface area contributed by atoms with E-state index >= 15 is 0 Å². The Bertz CT molecular complexity index is 626. The molecule has 0 saturated heterocycles. The second kappa shape index (κ2) is 4.45. The van der Waals surface area contributed by atoms with Crippen LogP contribution < -0.4 is 10.9 Å². The maximum Gasteiger partial charge on any atom is 0.336 e. The first-order valence-corrected chi connectivity index (χ1v) is 5.49. The number of nitrogens with one attached hydrogen (secondary N) is 1. The molecule has 1 N–H and O–H groups in total. The van der Waals surface area contributed by atoms with Crippen LogP contribution in [-0.4, -0.2) is 6.54 Å². The van der Waals surface area contributed by atoms with Crippen LogP contribution in [0.15, 0.2) is 45.6 Å². The molecule has 3 heteroatoms. The summed E-state index contributed by atoms with van der Waals surface area (Å²) >= 11 is 0. The summed E-state index contributed by atoms with van der Waals surface area (Å²) in [6.45, 7) is 8.39. The van der Waals surface area contributed by atoms with Gasteiger partial charge in [-0.25, -0.2) is 4.79 Å². The highest BCUT2D eigenvalue weighted by atomic mass is 16.4. The standard InChI is InChI=1S/C14H15NO2/c1-9(2)8-15-11-4-5-12-10(3)6-14(16)17-13(12)7-11/h4-7,15H,1,8H2,2-3H3. The molecule has 1 aromatic heterocycles. The Kier molecular flexibility index (Phi) is 3.00. The third-order valence-corrected chi connectivity index (χ3v) is 2.55. The molecular weight excluding hydrogens is 214 g/mol. The lowest BCUT2D eigenvalue weighted by atomic mass is 10.1. The molecule has 0 bridgehead atoms. The van der Waals surface area contributed by atoms with Crippen LogP contribution in [-0.2, 0) is 0 Å². The number of rotatable bonds is 3. The zero-order valence-corrected chi connectivity index (χ0v) is 10.0. The van der Waals surface area contributed by atoms with Crippen LogP contribution in [0.3, 0.4) is 0 Å². The molecule has 2 aromatic rings. The summed E-state index contributed by atoms with van der Waals surface area (Å²) in [6, 6.07) is 7.27. The van der Waals surface area contributed by atoms with E-state index in [9.17, 15) is 4.79 Å². The first-order valence-electron chi connectivity index (χ1n) is 5.49. The monoisotopic (exact) mass is 229 g/mol. The lowest BCUT2D eigenvalue weighted by Crippen LogP contribution is -2.02. The van der Waals surface area contributed by atoms with Crippen molar-refractivity contribution in [3.63, 3.8) is 0 Å². The highest BCUT2D eigenvalue weighted by Crippen LogP contribution is 2.20. The van der Waals surface area contributed by atoms with E-state index in [1.807, 2.05) is 32.0 Å². The maximum absolute atomic E-state index is 11.3. The molecule has 0 unspecified atom stereocenters. The molecule has 0 spiro atoms. The van der Waals surface area contributed by atoms with Gasteiger partial charge in [0.1, 0.15) is 5.58 Å². The molecular formula is C14H15NO2. The molecule has 0 fully saturated rings. The summed E-state index contributed by atoms with van der Waals surface area (Å²) in [6.07, 6.45) is 0. The Morgan fingerprint density at radius 3 is 2.88 bits per heavy atom. The quantitative estimate of drug-likeness (QED) is 0.649. The van der Waals surface area contributed by atoms with Gasteiger partial charge >= 0.3 is 5.63 Å². The second-order valence-corrected chi connectivity index (χ2v) is 4.27. The van der Waals surface area contributed by atoms with Crippen LogP contribution in [0.25, 0.3) is 11.0 Å². The minimum absolute atomic E-state index is 0.313. The van der Waals surface area contributed by atoms with Gasteiger partial charge in [-0.2, -0.15) is 0 Å². The van der Waals surface area contributed by atoms with Crippen LogP contribution in [0.4, 0.5) is 5.69 Å². The van der Waals surface area contributed by atoms with Crippen molar-refractivity contribution in [1.29, 1.82) is 0 Å². The Hall–Kier alpha value is -2.03. The topological polar surface area (TPSA) is 42.2 Å². The van der Waals surface area contributed by atoms with Crippen LogP contribution in [0.2, 0.25) is 0 Å². The lowest BCUT2D eigenvalue weighted by molar-refractivity contribution is 0.560. The van der Waals surface area contributed by atoms with Crippen LogP contribution in [0, 0.1) is 6.92 Å². The Morgan fingerprint density at radius 1 is 1.41 bits per heavy atom. The highest BCUT2D eigenvalue weighted by Gasteiger charge is 2.02. The molecule has 0 saturated carbocycles. The maximum atomic E-state index is 11.3. The van der Waals surface area contributed by atoms with Gasteiger partial charge in [-0.15, -0.1) is 0 Å². The molecule has 3 nitrogen and oxygen atoms in total. The fraction of sp³-hybridized carbons (Fsp3) is 0.214. The number of hydrogen-bond donors (Lipinski definition) is 1. The number of anilines is 1. The molecule has 17 heavy (non-hydrogen) atoms. The van der Waals surface area contributed by atoms with E-state index in [-0.39, 0.29) is 5.63 Å². The summed E-state index contributed by atoms with van der Waals surface area (Å²) in [4.78, 5) is 11.3. The largest absolute Gasteiger partial charge is 0.423 e. The molecule has 0 aliphatic heterocycles. The molecule has 0 amide bonds. The third kappa shape index (κ3) is 2.56. The van der Waals surface area contributed by atoms with Crippen molar-refractivity contribution in [3.8, 4) is 0 Å². The third-order valence-electron chi connectivity index (χ3n) is 2.55. The van der Waals surface area contributed by atoms with E-state index in [1.165, 1.54) is 6.07 Å². The summed E-state index contributed by atoms with van der Waals surface area (Å²) in [5, 5.41) is 4.18. The summed E-state index contributed by atoms with van der Waals surface area (Å²) in [5.74, 6) is 0. The number of aryl methyl sites for hydroxylation is 1. The fourth-order valence-corrected chi connectivity index (χ4v) is 1.69. The van der Waals surface area contributed by atoms with Crippen LogP contribution >= 0.6 is 0 Å². The van der Waals surface area contributed by atoms with Crippen molar-refractivity contribution < 1.29 is 4.42 Å². The van der Waals surface area contributed by atoms with Crippen LogP contribution in [0.1, 0.15) is 12.5 Å². The van der Waals surface area contributed by atoms with E-state index < -0.39 is 0 Å². The predicted molar refractivity (Wildman–Crippen MR) is 70.5 cm³/mol. The molecule has 0 aliphatic carbocycles. The van der Waals surface area contributed by atoms with Crippen molar-refractivity contribution in [2.75, 3.05) is 11.9 Å². The first-order chi connectivity index (χ1) is 8.06. The van der Waals surface area contributed by atoms with E-state index in [0.29, 0.717) is 12.1 Å². The summed E-state index contributed by atoms with van der Waals surface area (Å²) < 4.78 is 5.17. The van der Waals surface area contributed by atoms with Gasteiger partial charge in [-0.05, 0) is 31.5 Å². The minimum atomic E-state index is -0.313. The normalized spacial score (nSPS) is 10.5. The highest BCUT2D eigenvalue weighted by molar-refractivity contribution is 5.83. The smallest absolute Gasteiger partial charge is 0.336 e. The van der Waals surface area contributed by atoms with E-state index in [1.54, 1.807) is 0 Å². The van der Waals surface area contributed by atoms with Crippen molar-refractivity contribution in [2.24, 2.45) is 0 Å². The van der Waals surface area contributed by atoms with Gasteiger partial charge in [0.05, 0.1) is 0 Å². The minimum Gasteiger partial charge on any atom is -0.423 e. The van der Waals surface area contributed by atoms with Gasteiger partial charge in [0, 0.05) is 29.8 Å². The summed E-state index contributed by atoms with van der Waals surface area (Å²) in [7, 11) is 0. The van der Waals surface area contributed by atoms with Gasteiger partial charge in [0.15, 0.2) is 0 Å². The molecule has 88 valence electrons. The average Bonchev–Trinajstić information content (AvgIpc) is 2.25. The predicted octanol–water partition coefficient (Wildman–Crippen LogP) is 3.09. The van der Waals surface area contributed by atoms with Gasteiger partial charge < -0.3 is 9.73 Å². The van der Waals surface area contributed by atoms with Crippen molar-refractivity contribution >= 4 is 16.7 Å². The van der Waals surface area contributed by atoms with Crippen molar-refractivity contribution in [3.05, 3.63) is 52.4 Å². The first kappa shape index (κ1) is 11.5. The van der Waals surface area contributed by atoms with Crippen LogP contribution in [0.5, 0.6) is 0 Å². The van der Waals surface area contributed by atoms with Gasteiger partial charge in [0.25, 0.3) is 0 Å². The van der Waals surface area contributed by atoms with E-state index in [0.717, 1.165) is 22.2 Å². The van der Waals surface area contributed by atoms with Gasteiger partial charge in [0.2, 0.25) is 0 Å². The van der Waals surface area contributed by atoms with E-state index in [2.05, 4.69) is 11.9 Å². The zero-order chi connectivity index (χ0) is 12.4. The number of hydrogen-bond acceptors (Lipinski definition) is 3. The number of fused-ring (bicyclic) bond motifs is 1. The molecule has 0 radical (unpaired) electrons. The van der Waals surface area contributed by atoms with Gasteiger partial charge in [-0.1, -0.05) is 12.2 Å². The summed E-state index contributed by atoms with van der Waals surface area (Å²) in [5.41, 5.74) is 3.21. The average molecular weight is 229 g/mol. The fourth-order valence-electron chi connectivity index (χ4n) is 1.69. The van der Waals surface area contributed by atoms with E-state index in [4.69, 9.17) is 4.42 Å². The lowest BCUT2D eigenvalue weighted by Gasteiger charge is -2.07. The molecule has 0 aliphatic rings. The van der Waals surface area contributed by atoms with Crippen molar-refractivity contribution in [1.82, 2.24) is 0 Å². The SMILES string of the molecule is C=C(C)CNc1ccc2c(C)cc(=O)oc2c1. The Labute approximate surface area is 99.8 Å². The molecule has 0 atom stereocenters. The molecule has 1 aromatic carbocycles. The Morgan fingerprint density at radius 2 is 2.18 bits per heavy atom. The second-order valence-electron chi connectivity index (χ2n) is 4.27.